The lowest BCUT2D eigenvalue weighted by Gasteiger charge is -2.36. The quantitative estimate of drug-likeness (QED) is 0.893. The lowest BCUT2D eigenvalue weighted by atomic mass is 9.93. The van der Waals surface area contributed by atoms with Crippen molar-refractivity contribution in [3.05, 3.63) is 29.3 Å². The Morgan fingerprint density at radius 1 is 1.29 bits per heavy atom. The van der Waals surface area contributed by atoms with E-state index in [9.17, 15) is 23.1 Å². The van der Waals surface area contributed by atoms with E-state index in [-0.39, 0.29) is 29.0 Å². The number of hydrogen-bond acceptors (Lipinski definition) is 4. The predicted octanol–water partition coefficient (Wildman–Crippen LogP) is 1.98. The smallest absolute Gasteiger partial charge is 0.308 e. The number of carboxylic acid groups (broad SMARTS) is 1. The number of piperidine rings is 1. The molecule has 2 rings (SSSR count). The number of carboxylic acids is 1. The third-order valence-corrected chi connectivity index (χ3v) is 5.77. The van der Waals surface area contributed by atoms with Gasteiger partial charge in [-0.2, -0.15) is 0 Å². The summed E-state index contributed by atoms with van der Waals surface area (Å²) < 4.78 is 23.9. The van der Waals surface area contributed by atoms with Gasteiger partial charge in [-0.1, -0.05) is 13.0 Å². The molecule has 0 saturated carbocycles. The van der Waals surface area contributed by atoms with Crippen LogP contribution in [0.3, 0.4) is 0 Å². The standard InChI is InChI=1S/C17H23NO5S/c1-4-12-7-8-13(9-15(12)24(3,22)23)16(19)18-10-14(17(20)21)6-5-11(18)2/h7-9,11,14H,4-6,10H2,1-3H3,(H,20,21). The van der Waals surface area contributed by atoms with Gasteiger partial charge >= 0.3 is 5.97 Å². The van der Waals surface area contributed by atoms with Gasteiger partial charge in [0.2, 0.25) is 0 Å². The third-order valence-electron chi connectivity index (χ3n) is 4.59. The SMILES string of the molecule is CCc1ccc(C(=O)N2CC(C(=O)O)CCC2C)cc1S(C)(=O)=O. The van der Waals surface area contributed by atoms with Crippen LogP contribution in [0.4, 0.5) is 0 Å². The molecule has 0 aliphatic carbocycles. The molecule has 2 unspecified atom stereocenters. The first kappa shape index (κ1) is 18.4. The van der Waals surface area contributed by atoms with Crippen molar-refractivity contribution in [2.75, 3.05) is 12.8 Å². The van der Waals surface area contributed by atoms with Crippen LogP contribution in [0.5, 0.6) is 0 Å². The number of rotatable bonds is 4. The topological polar surface area (TPSA) is 91.8 Å². The number of amides is 1. The van der Waals surface area contributed by atoms with Gasteiger partial charge < -0.3 is 10.0 Å². The summed E-state index contributed by atoms with van der Waals surface area (Å²) in [6.45, 7) is 3.89. The summed E-state index contributed by atoms with van der Waals surface area (Å²) in [4.78, 5) is 25.7. The number of likely N-dealkylation sites (tertiary alicyclic amines) is 1. The maximum Gasteiger partial charge on any atom is 0.308 e. The summed E-state index contributed by atoms with van der Waals surface area (Å²) in [7, 11) is -3.43. The number of carbonyl (C=O) groups excluding carboxylic acids is 1. The average molecular weight is 353 g/mol. The molecule has 1 saturated heterocycles. The first-order valence-electron chi connectivity index (χ1n) is 8.02. The minimum atomic E-state index is -3.43. The first-order chi connectivity index (χ1) is 11.1. The summed E-state index contributed by atoms with van der Waals surface area (Å²) in [6.07, 6.45) is 2.84. The number of aryl methyl sites for hydroxylation is 1. The van der Waals surface area contributed by atoms with E-state index in [0.717, 1.165) is 6.26 Å². The van der Waals surface area contributed by atoms with Crippen LogP contribution in [0.15, 0.2) is 23.1 Å². The summed E-state index contributed by atoms with van der Waals surface area (Å²) in [6, 6.07) is 4.62. The van der Waals surface area contributed by atoms with Crippen molar-refractivity contribution in [3.63, 3.8) is 0 Å². The van der Waals surface area contributed by atoms with Crippen LogP contribution in [0.2, 0.25) is 0 Å². The second kappa shape index (κ2) is 6.93. The van der Waals surface area contributed by atoms with E-state index < -0.39 is 21.7 Å². The van der Waals surface area contributed by atoms with Crippen LogP contribution in [0.25, 0.3) is 0 Å². The molecule has 1 aromatic carbocycles. The van der Waals surface area contributed by atoms with Gasteiger partial charge in [-0.3, -0.25) is 9.59 Å². The Kier molecular flexibility index (Phi) is 5.32. The molecule has 24 heavy (non-hydrogen) atoms. The summed E-state index contributed by atoms with van der Waals surface area (Å²) in [5, 5.41) is 9.20. The highest BCUT2D eigenvalue weighted by molar-refractivity contribution is 7.90. The van der Waals surface area contributed by atoms with E-state index in [2.05, 4.69) is 0 Å². The molecule has 132 valence electrons. The van der Waals surface area contributed by atoms with Crippen LogP contribution in [-0.2, 0) is 21.1 Å². The van der Waals surface area contributed by atoms with Crippen LogP contribution < -0.4 is 0 Å². The van der Waals surface area contributed by atoms with Gasteiger partial charge in [-0.25, -0.2) is 8.42 Å². The highest BCUT2D eigenvalue weighted by atomic mass is 32.2. The minimum absolute atomic E-state index is 0.0689. The van der Waals surface area contributed by atoms with E-state index in [1.807, 2.05) is 13.8 Å². The van der Waals surface area contributed by atoms with Crippen molar-refractivity contribution in [2.24, 2.45) is 5.92 Å². The number of hydrogen-bond donors (Lipinski definition) is 1. The molecule has 1 aromatic rings. The maximum absolute atomic E-state index is 12.8. The fourth-order valence-electron chi connectivity index (χ4n) is 3.08. The number of sulfone groups is 1. The lowest BCUT2D eigenvalue weighted by molar-refractivity contribution is -0.143. The summed E-state index contributed by atoms with van der Waals surface area (Å²) in [5.74, 6) is -1.80. The van der Waals surface area contributed by atoms with Gasteiger partial charge in [0.1, 0.15) is 0 Å². The molecule has 1 aliphatic rings. The van der Waals surface area contributed by atoms with Gasteiger partial charge in [0.25, 0.3) is 5.91 Å². The van der Waals surface area contributed by atoms with Gasteiger partial charge in [0.15, 0.2) is 9.84 Å². The van der Waals surface area contributed by atoms with E-state index in [4.69, 9.17) is 0 Å². The van der Waals surface area contributed by atoms with Crippen LogP contribution >= 0.6 is 0 Å². The molecule has 0 radical (unpaired) electrons. The van der Waals surface area contributed by atoms with Crippen LogP contribution in [-0.4, -0.2) is 49.1 Å². The zero-order valence-electron chi connectivity index (χ0n) is 14.2. The van der Waals surface area contributed by atoms with Gasteiger partial charge in [-0.05, 0) is 43.9 Å². The fraction of sp³-hybridized carbons (Fsp3) is 0.529. The summed E-state index contributed by atoms with van der Waals surface area (Å²) >= 11 is 0. The molecule has 6 nitrogen and oxygen atoms in total. The highest BCUT2D eigenvalue weighted by Gasteiger charge is 2.33. The number of carbonyl (C=O) groups is 2. The van der Waals surface area contributed by atoms with Crippen molar-refractivity contribution >= 4 is 21.7 Å². The van der Waals surface area contributed by atoms with E-state index in [1.165, 1.54) is 11.0 Å². The van der Waals surface area contributed by atoms with Crippen molar-refractivity contribution < 1.29 is 23.1 Å². The second-order valence-corrected chi connectivity index (χ2v) is 8.35. The Morgan fingerprint density at radius 3 is 2.50 bits per heavy atom. The maximum atomic E-state index is 12.8. The zero-order chi connectivity index (χ0) is 18.1. The molecule has 0 aromatic heterocycles. The van der Waals surface area contributed by atoms with Crippen LogP contribution in [0.1, 0.15) is 42.6 Å². The molecule has 1 amide bonds. The Balaban J connectivity index is 2.37. The fourth-order valence-corrected chi connectivity index (χ4v) is 4.11. The largest absolute Gasteiger partial charge is 0.481 e. The Labute approximate surface area is 142 Å². The molecule has 1 aliphatic heterocycles. The van der Waals surface area contributed by atoms with Gasteiger partial charge in [-0.15, -0.1) is 0 Å². The molecule has 2 atom stereocenters. The second-order valence-electron chi connectivity index (χ2n) is 6.37. The molecular weight excluding hydrogens is 330 g/mol. The zero-order valence-corrected chi connectivity index (χ0v) is 15.0. The van der Waals surface area contributed by atoms with Crippen molar-refractivity contribution in [1.82, 2.24) is 4.90 Å². The van der Waals surface area contributed by atoms with Gasteiger partial charge in [0.05, 0.1) is 10.8 Å². The molecule has 1 heterocycles. The van der Waals surface area contributed by atoms with Gasteiger partial charge in [0, 0.05) is 24.4 Å². The molecule has 1 N–H and O–H groups in total. The Morgan fingerprint density at radius 2 is 1.96 bits per heavy atom. The lowest BCUT2D eigenvalue weighted by Crippen LogP contribution is -2.47. The first-order valence-corrected chi connectivity index (χ1v) is 9.91. The number of aliphatic carboxylic acids is 1. The summed E-state index contributed by atoms with van der Waals surface area (Å²) in [5.41, 5.74) is 0.953. The molecular formula is C17H23NO5S. The number of nitrogens with zero attached hydrogens (tertiary/aromatic N) is 1. The Hall–Kier alpha value is -1.89. The third kappa shape index (κ3) is 3.77. The molecule has 0 spiro atoms. The van der Waals surface area contributed by atoms with Crippen molar-refractivity contribution in [1.29, 1.82) is 0 Å². The molecule has 0 bridgehead atoms. The minimum Gasteiger partial charge on any atom is -0.481 e. The monoisotopic (exact) mass is 353 g/mol. The molecule has 1 fully saturated rings. The highest BCUT2D eigenvalue weighted by Crippen LogP contribution is 2.25. The number of benzene rings is 1. The average Bonchev–Trinajstić information content (AvgIpc) is 2.53. The normalized spacial score (nSPS) is 21.5. The predicted molar refractivity (Wildman–Crippen MR) is 89.8 cm³/mol. The Bertz CT molecular complexity index is 756. The van der Waals surface area contributed by atoms with E-state index in [0.29, 0.717) is 24.8 Å². The van der Waals surface area contributed by atoms with Crippen molar-refractivity contribution in [3.8, 4) is 0 Å². The van der Waals surface area contributed by atoms with Crippen LogP contribution in [0, 0.1) is 5.92 Å². The van der Waals surface area contributed by atoms with E-state index in [1.54, 1.807) is 12.1 Å². The molecule has 7 heteroatoms. The van der Waals surface area contributed by atoms with Crippen molar-refractivity contribution in [2.45, 2.75) is 44.0 Å². The van der Waals surface area contributed by atoms with E-state index >= 15 is 0 Å².